The van der Waals surface area contributed by atoms with Crippen molar-refractivity contribution in [3.63, 3.8) is 0 Å². The quantitative estimate of drug-likeness (QED) is 0.359. The Morgan fingerprint density at radius 2 is 1.58 bits per heavy atom. The van der Waals surface area contributed by atoms with Crippen molar-refractivity contribution < 1.29 is 61.4 Å². The molecule has 0 saturated heterocycles. The predicted octanol–water partition coefficient (Wildman–Crippen LogP) is -3.02. The Hall–Kier alpha value is 0.120. The minimum Gasteiger partial charge on any atom is -0.544 e. The Bertz CT molecular complexity index is 162. The molecule has 8 heteroatoms. The average Bonchev–Trinajstić information content (AvgIpc) is 1.85. The van der Waals surface area contributed by atoms with Crippen LogP contribution < -0.4 is 34.7 Å². The molecule has 1 unspecified atom stereocenters. The summed E-state index contributed by atoms with van der Waals surface area (Å²) in [5, 5.41) is 9.33. The van der Waals surface area contributed by atoms with Gasteiger partial charge in [0.1, 0.15) is 5.97 Å². The maximum absolute atomic E-state index is 11.7. The molecule has 0 aliphatic rings. The molecule has 0 fully saturated rings. The molecule has 0 aliphatic carbocycles. The molecule has 0 aromatic heterocycles. The van der Waals surface area contributed by atoms with Crippen molar-refractivity contribution in [3.05, 3.63) is 0 Å². The maximum atomic E-state index is 11.7. The van der Waals surface area contributed by atoms with E-state index in [0.717, 1.165) is 0 Å². The van der Waals surface area contributed by atoms with E-state index in [0.29, 0.717) is 0 Å². The summed E-state index contributed by atoms with van der Waals surface area (Å²) < 4.78 is 57.3. The third kappa shape index (κ3) is 3.24. The first-order valence-electron chi connectivity index (χ1n) is 2.31. The largest absolute Gasteiger partial charge is 1.00 e. The van der Waals surface area contributed by atoms with Gasteiger partial charge in [-0.3, -0.25) is 0 Å². The van der Waals surface area contributed by atoms with E-state index in [1.54, 1.807) is 0 Å². The number of halogens is 5. The molecule has 12 heavy (non-hydrogen) atoms. The zero-order chi connectivity index (χ0) is 9.23. The number of rotatable bonds is 3. The van der Waals surface area contributed by atoms with Crippen molar-refractivity contribution in [2.75, 3.05) is 0 Å². The minimum absolute atomic E-state index is 0. The summed E-state index contributed by atoms with van der Waals surface area (Å²) in [6, 6.07) is 0. The molecule has 0 N–H and O–H groups in total. The fraction of sp³-hybridized carbons (Fsp3) is 0.750. The van der Waals surface area contributed by atoms with Crippen LogP contribution in [0.4, 0.5) is 22.0 Å². The van der Waals surface area contributed by atoms with Gasteiger partial charge in [-0.2, -0.15) is 8.78 Å². The Balaban J connectivity index is 0. The van der Waals surface area contributed by atoms with Gasteiger partial charge in [0, 0.05) is 0 Å². The van der Waals surface area contributed by atoms with Crippen molar-refractivity contribution in [1.82, 2.24) is 0 Å². The molecular weight excluding hydrogens is 198 g/mol. The summed E-state index contributed by atoms with van der Waals surface area (Å²) in [5.74, 6) is -8.28. The standard InChI is InChI=1S/C4H3F5O2.Na/c5-1(2(6)7)4(8,9)3(10)11;/h1-2H,(H,10,11);/q;+1/p-1. The van der Waals surface area contributed by atoms with Crippen molar-refractivity contribution in [2.24, 2.45) is 0 Å². The Labute approximate surface area is 86.0 Å². The molecule has 0 aliphatic heterocycles. The number of carbonyl (C=O) groups excluding carboxylic acids is 1. The summed E-state index contributed by atoms with van der Waals surface area (Å²) in [6.07, 6.45) is -8.06. The van der Waals surface area contributed by atoms with Crippen molar-refractivity contribution in [1.29, 1.82) is 0 Å². The second-order valence-corrected chi connectivity index (χ2v) is 1.65. The van der Waals surface area contributed by atoms with Gasteiger partial charge in [0.25, 0.3) is 6.43 Å². The van der Waals surface area contributed by atoms with Gasteiger partial charge >= 0.3 is 35.5 Å². The van der Waals surface area contributed by atoms with Gasteiger partial charge in [0.15, 0.2) is 0 Å². The zero-order valence-electron chi connectivity index (χ0n) is 5.86. The van der Waals surface area contributed by atoms with E-state index in [4.69, 9.17) is 0 Å². The second-order valence-electron chi connectivity index (χ2n) is 1.65. The first kappa shape index (κ1) is 14.6. The molecule has 0 heterocycles. The second kappa shape index (κ2) is 4.98. The van der Waals surface area contributed by atoms with Crippen LogP contribution in [0.1, 0.15) is 0 Å². The first-order chi connectivity index (χ1) is 4.80. The van der Waals surface area contributed by atoms with E-state index in [2.05, 4.69) is 0 Å². The third-order valence-corrected chi connectivity index (χ3v) is 0.840. The normalized spacial score (nSPS) is 13.8. The molecular formula is C4H2F5NaO2. The van der Waals surface area contributed by atoms with E-state index in [-0.39, 0.29) is 29.6 Å². The average molecular weight is 200 g/mol. The van der Waals surface area contributed by atoms with Crippen LogP contribution in [0.3, 0.4) is 0 Å². The van der Waals surface area contributed by atoms with Gasteiger partial charge in [-0.15, -0.1) is 0 Å². The molecule has 0 saturated carbocycles. The van der Waals surface area contributed by atoms with Crippen LogP contribution in [-0.2, 0) is 4.79 Å². The van der Waals surface area contributed by atoms with E-state index >= 15 is 0 Å². The molecule has 0 amide bonds. The van der Waals surface area contributed by atoms with E-state index in [1.807, 2.05) is 0 Å². The van der Waals surface area contributed by atoms with Crippen LogP contribution in [0.2, 0.25) is 0 Å². The topological polar surface area (TPSA) is 40.1 Å². The minimum atomic E-state index is -5.13. The van der Waals surface area contributed by atoms with Crippen LogP contribution in [0.5, 0.6) is 0 Å². The van der Waals surface area contributed by atoms with Crippen molar-refractivity contribution >= 4 is 5.97 Å². The summed E-state index contributed by atoms with van der Waals surface area (Å²) in [6.45, 7) is 0. The molecule has 66 valence electrons. The first-order valence-corrected chi connectivity index (χ1v) is 2.31. The zero-order valence-corrected chi connectivity index (χ0v) is 7.86. The number of aliphatic carboxylic acids is 1. The van der Waals surface area contributed by atoms with Gasteiger partial charge in [0.2, 0.25) is 6.17 Å². The molecule has 0 radical (unpaired) electrons. The predicted molar refractivity (Wildman–Crippen MR) is 20.9 cm³/mol. The molecule has 0 aromatic rings. The summed E-state index contributed by atoms with van der Waals surface area (Å²) in [5.41, 5.74) is 0. The monoisotopic (exact) mass is 200 g/mol. The van der Waals surface area contributed by atoms with E-state index < -0.39 is 24.5 Å². The van der Waals surface area contributed by atoms with Crippen molar-refractivity contribution in [3.8, 4) is 0 Å². The molecule has 0 aromatic carbocycles. The molecule has 1 atom stereocenters. The summed E-state index contributed by atoms with van der Waals surface area (Å²) >= 11 is 0. The van der Waals surface area contributed by atoms with Crippen LogP contribution in [-0.4, -0.2) is 24.5 Å². The summed E-state index contributed by atoms with van der Waals surface area (Å²) in [7, 11) is 0. The fourth-order valence-electron chi connectivity index (χ4n) is 0.271. The summed E-state index contributed by atoms with van der Waals surface area (Å²) in [4.78, 5) is 9.33. The van der Waals surface area contributed by atoms with E-state index in [9.17, 15) is 31.9 Å². The smallest absolute Gasteiger partial charge is 0.544 e. The van der Waals surface area contributed by atoms with Gasteiger partial charge in [-0.05, 0) is 0 Å². The van der Waals surface area contributed by atoms with Crippen LogP contribution in [0, 0.1) is 0 Å². The molecule has 0 rings (SSSR count). The number of alkyl halides is 5. The third-order valence-electron chi connectivity index (χ3n) is 0.840. The number of carboxylic acids is 1. The SMILES string of the molecule is O=C([O-])C(F)(F)C(F)C(F)F.[Na+]. The van der Waals surface area contributed by atoms with Gasteiger partial charge < -0.3 is 9.90 Å². The fourth-order valence-corrected chi connectivity index (χ4v) is 0.271. The Morgan fingerprint density at radius 1 is 1.25 bits per heavy atom. The van der Waals surface area contributed by atoms with Gasteiger partial charge in [-0.25, -0.2) is 13.2 Å². The van der Waals surface area contributed by atoms with Crippen molar-refractivity contribution in [2.45, 2.75) is 18.5 Å². The van der Waals surface area contributed by atoms with Crippen LogP contribution in [0.15, 0.2) is 0 Å². The Morgan fingerprint density at radius 3 is 1.67 bits per heavy atom. The number of carbonyl (C=O) groups is 1. The van der Waals surface area contributed by atoms with E-state index in [1.165, 1.54) is 0 Å². The maximum Gasteiger partial charge on any atom is 1.00 e. The number of carboxylic acid groups (broad SMARTS) is 1. The molecule has 0 spiro atoms. The van der Waals surface area contributed by atoms with Gasteiger partial charge in [0.05, 0.1) is 0 Å². The van der Waals surface area contributed by atoms with Crippen LogP contribution in [0.25, 0.3) is 0 Å². The van der Waals surface area contributed by atoms with Crippen LogP contribution >= 0.6 is 0 Å². The van der Waals surface area contributed by atoms with Gasteiger partial charge in [-0.1, -0.05) is 0 Å². The Kier molecular flexibility index (Phi) is 6.07. The number of hydrogen-bond donors (Lipinski definition) is 0. The molecule has 0 bridgehead atoms. The number of hydrogen-bond acceptors (Lipinski definition) is 2. The molecule has 2 nitrogen and oxygen atoms in total.